The number of ether oxygens (including phenoxy) is 2. The van der Waals surface area contributed by atoms with Crippen LogP contribution in [0.2, 0.25) is 0 Å². The van der Waals surface area contributed by atoms with Crippen LogP contribution in [0.25, 0.3) is 0 Å². The minimum absolute atomic E-state index is 0.182. The Kier molecular flexibility index (Phi) is 6.92. The van der Waals surface area contributed by atoms with E-state index in [1.165, 1.54) is 7.11 Å². The summed E-state index contributed by atoms with van der Waals surface area (Å²) in [6.45, 7) is 8.68. The van der Waals surface area contributed by atoms with E-state index in [0.29, 0.717) is 6.04 Å². The first-order valence-corrected chi connectivity index (χ1v) is 7.53. The third-order valence-corrected chi connectivity index (χ3v) is 3.96. The van der Waals surface area contributed by atoms with Gasteiger partial charge in [0.15, 0.2) is 0 Å². The van der Waals surface area contributed by atoms with Crippen molar-refractivity contribution in [1.29, 1.82) is 0 Å². The van der Waals surface area contributed by atoms with Crippen molar-refractivity contribution < 1.29 is 14.3 Å². The van der Waals surface area contributed by atoms with Crippen molar-refractivity contribution in [3.8, 4) is 0 Å². The zero-order chi connectivity index (χ0) is 15.2. The van der Waals surface area contributed by atoms with Crippen molar-refractivity contribution >= 4 is 5.97 Å². The van der Waals surface area contributed by atoms with E-state index in [1.807, 2.05) is 20.8 Å². The smallest absolute Gasteiger partial charge is 0.325 e. The Bertz CT molecular complexity index is 303. The summed E-state index contributed by atoms with van der Waals surface area (Å²) in [7, 11) is 3.58. The van der Waals surface area contributed by atoms with E-state index >= 15 is 0 Å². The second kappa shape index (κ2) is 7.96. The maximum atomic E-state index is 12.0. The van der Waals surface area contributed by atoms with Crippen molar-refractivity contribution in [3.63, 3.8) is 0 Å². The number of likely N-dealkylation sites (N-methyl/N-ethyl adjacent to an activating group) is 1. The van der Waals surface area contributed by atoms with Gasteiger partial charge in [-0.3, -0.25) is 10.1 Å². The van der Waals surface area contributed by atoms with Crippen LogP contribution < -0.4 is 5.32 Å². The van der Waals surface area contributed by atoms with Gasteiger partial charge in [-0.05, 0) is 53.6 Å². The van der Waals surface area contributed by atoms with Crippen LogP contribution in [0.1, 0.15) is 40.0 Å². The minimum Gasteiger partial charge on any atom is -0.468 e. The molecule has 118 valence electrons. The lowest BCUT2D eigenvalue weighted by Crippen LogP contribution is -2.53. The minimum atomic E-state index is -0.601. The molecule has 1 aliphatic heterocycles. The first-order valence-electron chi connectivity index (χ1n) is 7.53. The molecule has 1 N–H and O–H groups in total. The third-order valence-electron chi connectivity index (χ3n) is 3.96. The van der Waals surface area contributed by atoms with E-state index < -0.39 is 5.54 Å². The molecule has 1 saturated heterocycles. The van der Waals surface area contributed by atoms with Crippen LogP contribution >= 0.6 is 0 Å². The molecule has 0 bridgehead atoms. The summed E-state index contributed by atoms with van der Waals surface area (Å²) in [5, 5.41) is 3.33. The van der Waals surface area contributed by atoms with Gasteiger partial charge in [-0.2, -0.15) is 0 Å². The SMILES string of the molecule is COC(=O)C(C)(CCCN(C)C1CCOC1)NC(C)C. The quantitative estimate of drug-likeness (QED) is 0.684. The molecule has 5 heteroatoms. The van der Waals surface area contributed by atoms with Gasteiger partial charge in [0.05, 0.1) is 13.7 Å². The number of carbonyl (C=O) groups excluding carboxylic acids is 1. The van der Waals surface area contributed by atoms with Crippen LogP contribution in [0.3, 0.4) is 0 Å². The molecule has 0 spiro atoms. The molecule has 2 atom stereocenters. The molecule has 0 radical (unpaired) electrons. The number of nitrogens with zero attached hydrogens (tertiary/aromatic N) is 1. The standard InChI is InChI=1S/C15H30N2O3/c1-12(2)16-15(3,14(18)19-5)8-6-9-17(4)13-7-10-20-11-13/h12-13,16H,6-11H2,1-5H3. The fourth-order valence-corrected chi connectivity index (χ4v) is 2.83. The van der Waals surface area contributed by atoms with Crippen LogP contribution in [0, 0.1) is 0 Å². The van der Waals surface area contributed by atoms with Crippen LogP contribution in [0.5, 0.6) is 0 Å². The van der Waals surface area contributed by atoms with Crippen LogP contribution in [-0.4, -0.2) is 62.4 Å². The molecular weight excluding hydrogens is 256 g/mol. The maximum Gasteiger partial charge on any atom is 0.325 e. The second-order valence-electron chi connectivity index (χ2n) is 6.22. The first-order chi connectivity index (χ1) is 9.39. The Morgan fingerprint density at radius 1 is 1.55 bits per heavy atom. The molecule has 1 heterocycles. The maximum absolute atomic E-state index is 12.0. The Hall–Kier alpha value is -0.650. The summed E-state index contributed by atoms with van der Waals surface area (Å²) < 4.78 is 10.3. The topological polar surface area (TPSA) is 50.8 Å². The molecule has 0 aliphatic carbocycles. The Morgan fingerprint density at radius 3 is 2.75 bits per heavy atom. The predicted octanol–water partition coefficient (Wildman–Crippen LogP) is 1.42. The van der Waals surface area contributed by atoms with Crippen LogP contribution in [-0.2, 0) is 14.3 Å². The molecule has 1 fully saturated rings. The van der Waals surface area contributed by atoms with Gasteiger partial charge in [-0.25, -0.2) is 0 Å². The number of carbonyl (C=O) groups is 1. The molecule has 0 aromatic rings. The van der Waals surface area contributed by atoms with Crippen molar-refractivity contribution in [3.05, 3.63) is 0 Å². The van der Waals surface area contributed by atoms with E-state index in [9.17, 15) is 4.79 Å². The van der Waals surface area contributed by atoms with Gasteiger partial charge >= 0.3 is 5.97 Å². The number of esters is 1. The fourth-order valence-electron chi connectivity index (χ4n) is 2.83. The fraction of sp³-hybridized carbons (Fsp3) is 0.933. The molecule has 0 amide bonds. The molecule has 0 aromatic carbocycles. The van der Waals surface area contributed by atoms with Crippen molar-refractivity contribution in [2.45, 2.75) is 57.7 Å². The molecule has 1 aliphatic rings. The summed E-state index contributed by atoms with van der Waals surface area (Å²) in [5.41, 5.74) is -0.601. The summed E-state index contributed by atoms with van der Waals surface area (Å²) >= 11 is 0. The molecular formula is C15H30N2O3. The van der Waals surface area contributed by atoms with Crippen molar-refractivity contribution in [2.24, 2.45) is 0 Å². The first kappa shape index (κ1) is 17.4. The number of nitrogens with one attached hydrogen (secondary N) is 1. The summed E-state index contributed by atoms with van der Waals surface area (Å²) in [6, 6.07) is 0.775. The van der Waals surface area contributed by atoms with Gasteiger partial charge in [0.2, 0.25) is 0 Å². The van der Waals surface area contributed by atoms with Gasteiger partial charge in [0, 0.05) is 18.7 Å². The second-order valence-corrected chi connectivity index (χ2v) is 6.22. The predicted molar refractivity (Wildman–Crippen MR) is 79.8 cm³/mol. The van der Waals surface area contributed by atoms with E-state index in [0.717, 1.165) is 39.0 Å². The lowest BCUT2D eigenvalue weighted by atomic mass is 9.94. The van der Waals surface area contributed by atoms with E-state index in [2.05, 4.69) is 17.3 Å². The Morgan fingerprint density at radius 2 is 2.25 bits per heavy atom. The average Bonchev–Trinajstić information content (AvgIpc) is 2.90. The van der Waals surface area contributed by atoms with Gasteiger partial charge in [0.1, 0.15) is 5.54 Å². The van der Waals surface area contributed by atoms with Gasteiger partial charge < -0.3 is 14.4 Å². The highest BCUT2D eigenvalue weighted by atomic mass is 16.5. The number of hydrogen-bond acceptors (Lipinski definition) is 5. The Labute approximate surface area is 123 Å². The number of hydrogen-bond donors (Lipinski definition) is 1. The normalized spacial score (nSPS) is 22.2. The highest BCUT2D eigenvalue weighted by molar-refractivity contribution is 5.80. The van der Waals surface area contributed by atoms with Crippen LogP contribution in [0.15, 0.2) is 0 Å². The van der Waals surface area contributed by atoms with Crippen molar-refractivity contribution in [1.82, 2.24) is 10.2 Å². The summed E-state index contributed by atoms with van der Waals surface area (Å²) in [5.74, 6) is -0.182. The number of rotatable bonds is 8. The zero-order valence-corrected chi connectivity index (χ0v) is 13.6. The molecule has 1 rings (SSSR count). The van der Waals surface area contributed by atoms with E-state index in [1.54, 1.807) is 0 Å². The monoisotopic (exact) mass is 286 g/mol. The lowest BCUT2D eigenvalue weighted by molar-refractivity contribution is -0.148. The summed E-state index contributed by atoms with van der Waals surface area (Å²) in [6.07, 6.45) is 2.84. The molecule has 5 nitrogen and oxygen atoms in total. The molecule has 0 aromatic heterocycles. The van der Waals surface area contributed by atoms with Crippen LogP contribution in [0.4, 0.5) is 0 Å². The van der Waals surface area contributed by atoms with E-state index in [-0.39, 0.29) is 12.0 Å². The largest absolute Gasteiger partial charge is 0.468 e. The third kappa shape index (κ3) is 5.04. The number of methoxy groups -OCH3 is 1. The molecule has 0 saturated carbocycles. The lowest BCUT2D eigenvalue weighted by Gasteiger charge is -2.31. The van der Waals surface area contributed by atoms with Gasteiger partial charge in [-0.1, -0.05) is 0 Å². The highest BCUT2D eigenvalue weighted by Crippen LogP contribution is 2.17. The van der Waals surface area contributed by atoms with Gasteiger partial charge in [-0.15, -0.1) is 0 Å². The Balaban J connectivity index is 2.43. The van der Waals surface area contributed by atoms with Gasteiger partial charge in [0.25, 0.3) is 0 Å². The van der Waals surface area contributed by atoms with Crippen molar-refractivity contribution in [2.75, 3.05) is 33.9 Å². The van der Waals surface area contributed by atoms with E-state index in [4.69, 9.17) is 9.47 Å². The molecule has 20 heavy (non-hydrogen) atoms. The molecule has 2 unspecified atom stereocenters. The highest BCUT2D eigenvalue weighted by Gasteiger charge is 2.34. The average molecular weight is 286 g/mol. The zero-order valence-electron chi connectivity index (χ0n) is 13.6. The summed E-state index contributed by atoms with van der Waals surface area (Å²) in [4.78, 5) is 14.3.